The van der Waals surface area contributed by atoms with Crippen LogP contribution < -0.4 is 9.47 Å². The van der Waals surface area contributed by atoms with Crippen molar-refractivity contribution in [3.8, 4) is 22.6 Å². The summed E-state index contributed by atoms with van der Waals surface area (Å²) in [5.74, 6) is 1.74. The van der Waals surface area contributed by atoms with Crippen molar-refractivity contribution in [2.75, 3.05) is 0 Å². The Bertz CT molecular complexity index is 1110. The van der Waals surface area contributed by atoms with E-state index >= 15 is 0 Å². The number of hydrogen-bond acceptors (Lipinski definition) is 2. The fourth-order valence-electron chi connectivity index (χ4n) is 3.85. The molecule has 162 valence electrons. The zero-order chi connectivity index (χ0) is 21.5. The van der Waals surface area contributed by atoms with Crippen molar-refractivity contribution in [2.45, 2.75) is 60.2 Å². The summed E-state index contributed by atoms with van der Waals surface area (Å²) in [6.07, 6.45) is 0. The largest absolute Gasteiger partial charge is 0.487 e. The van der Waals surface area contributed by atoms with Crippen molar-refractivity contribution in [1.82, 2.24) is 0 Å². The van der Waals surface area contributed by atoms with Crippen molar-refractivity contribution in [3.05, 3.63) is 72.8 Å². The summed E-state index contributed by atoms with van der Waals surface area (Å²) in [6.45, 7) is 12.5. The van der Waals surface area contributed by atoms with Gasteiger partial charge in [0.1, 0.15) is 22.7 Å². The van der Waals surface area contributed by atoms with Crippen LogP contribution in [0.15, 0.2) is 72.8 Å². The van der Waals surface area contributed by atoms with E-state index in [1.54, 1.807) is 0 Å². The molecule has 0 aliphatic rings. The van der Waals surface area contributed by atoms with Crippen LogP contribution in [0.5, 0.6) is 11.5 Å². The molecule has 0 aliphatic carbocycles. The SMILES string of the molecule is C.CC(C)(C)Oc1ccc2ccccc2c1-c1c(OC(C)(C)C)ccc2ccccc12. The average Bonchev–Trinajstić information content (AvgIpc) is 2.66. The molecule has 0 atom stereocenters. The summed E-state index contributed by atoms with van der Waals surface area (Å²) < 4.78 is 12.9. The molecule has 0 radical (unpaired) electrons. The van der Waals surface area contributed by atoms with Crippen molar-refractivity contribution in [2.24, 2.45) is 0 Å². The Balaban J connectivity index is 0.00000272. The Morgan fingerprint density at radius 2 is 0.839 bits per heavy atom. The number of rotatable bonds is 3. The summed E-state index contributed by atoms with van der Waals surface area (Å²) in [5.41, 5.74) is 1.54. The molecule has 2 heteroatoms. The maximum absolute atomic E-state index is 6.47. The van der Waals surface area contributed by atoms with Gasteiger partial charge in [0, 0.05) is 11.1 Å². The highest BCUT2D eigenvalue weighted by atomic mass is 16.5. The van der Waals surface area contributed by atoms with E-state index in [1.165, 1.54) is 10.8 Å². The smallest absolute Gasteiger partial charge is 0.128 e. The molecule has 0 N–H and O–H groups in total. The molecule has 0 saturated heterocycles. The Labute approximate surface area is 186 Å². The van der Waals surface area contributed by atoms with Crippen LogP contribution in [0.25, 0.3) is 32.7 Å². The van der Waals surface area contributed by atoms with Crippen LogP contribution in [0.3, 0.4) is 0 Å². The molecular weight excluding hydrogens is 380 g/mol. The van der Waals surface area contributed by atoms with Crippen LogP contribution in [-0.4, -0.2) is 11.2 Å². The first kappa shape index (κ1) is 22.7. The lowest BCUT2D eigenvalue weighted by Crippen LogP contribution is -2.24. The number of ether oxygens (including phenoxy) is 2. The minimum Gasteiger partial charge on any atom is -0.487 e. The van der Waals surface area contributed by atoms with Gasteiger partial charge < -0.3 is 9.47 Å². The monoisotopic (exact) mass is 414 g/mol. The summed E-state index contributed by atoms with van der Waals surface area (Å²) >= 11 is 0. The Hall–Kier alpha value is -3.00. The second kappa shape index (κ2) is 8.26. The highest BCUT2D eigenvalue weighted by molar-refractivity contribution is 6.09. The van der Waals surface area contributed by atoms with E-state index in [2.05, 4.69) is 114 Å². The third-order valence-corrected chi connectivity index (χ3v) is 4.86. The first-order valence-corrected chi connectivity index (χ1v) is 10.5. The highest BCUT2D eigenvalue weighted by Gasteiger charge is 2.24. The minimum absolute atomic E-state index is 0. The summed E-state index contributed by atoms with van der Waals surface area (Å²) in [7, 11) is 0. The van der Waals surface area contributed by atoms with Crippen molar-refractivity contribution in [3.63, 3.8) is 0 Å². The molecule has 0 spiro atoms. The zero-order valence-electron chi connectivity index (χ0n) is 18.7. The van der Waals surface area contributed by atoms with E-state index in [1.807, 2.05) is 0 Å². The predicted molar refractivity (Wildman–Crippen MR) is 134 cm³/mol. The van der Waals surface area contributed by atoms with E-state index in [9.17, 15) is 0 Å². The standard InChI is InChI=1S/C28H30O2.CH4/c1-27(2,3)29-23-17-15-19-11-7-9-13-21(19)25(23)26-22-14-10-8-12-20(22)16-18-24(26)30-28(4,5)6;/h7-18H,1-6H3;1H4. The maximum Gasteiger partial charge on any atom is 0.128 e. The van der Waals surface area contributed by atoms with Gasteiger partial charge in [-0.15, -0.1) is 0 Å². The lowest BCUT2D eigenvalue weighted by Gasteiger charge is -2.28. The molecule has 4 aromatic rings. The third kappa shape index (κ3) is 4.85. The molecule has 4 aromatic carbocycles. The quantitative estimate of drug-likeness (QED) is 0.334. The van der Waals surface area contributed by atoms with Gasteiger partial charge >= 0.3 is 0 Å². The van der Waals surface area contributed by atoms with Gasteiger partial charge in [0.25, 0.3) is 0 Å². The van der Waals surface area contributed by atoms with Gasteiger partial charge in [0.05, 0.1) is 0 Å². The zero-order valence-corrected chi connectivity index (χ0v) is 18.7. The minimum atomic E-state index is -0.313. The van der Waals surface area contributed by atoms with Crippen LogP contribution in [0, 0.1) is 0 Å². The number of fused-ring (bicyclic) bond motifs is 2. The van der Waals surface area contributed by atoms with Crippen LogP contribution >= 0.6 is 0 Å². The summed E-state index contributed by atoms with van der Waals surface area (Å²) in [5, 5.41) is 4.69. The van der Waals surface area contributed by atoms with Gasteiger partial charge in [-0.05, 0) is 75.2 Å². The molecule has 0 bridgehead atoms. The summed E-state index contributed by atoms with van der Waals surface area (Å²) in [6, 6.07) is 25.4. The molecule has 0 amide bonds. The Morgan fingerprint density at radius 1 is 0.484 bits per heavy atom. The average molecular weight is 415 g/mol. The molecule has 4 rings (SSSR count). The van der Waals surface area contributed by atoms with E-state index in [-0.39, 0.29) is 18.6 Å². The van der Waals surface area contributed by atoms with Crippen molar-refractivity contribution in [1.29, 1.82) is 0 Å². The topological polar surface area (TPSA) is 18.5 Å². The molecule has 31 heavy (non-hydrogen) atoms. The summed E-state index contributed by atoms with van der Waals surface area (Å²) in [4.78, 5) is 0. The lowest BCUT2D eigenvalue weighted by atomic mass is 9.92. The van der Waals surface area contributed by atoms with Crippen LogP contribution in [-0.2, 0) is 0 Å². The number of benzene rings is 4. The third-order valence-electron chi connectivity index (χ3n) is 4.86. The number of hydrogen-bond donors (Lipinski definition) is 0. The molecule has 0 aliphatic heterocycles. The molecule has 0 unspecified atom stereocenters. The van der Waals surface area contributed by atoms with Gasteiger partial charge in [0.15, 0.2) is 0 Å². The Kier molecular flexibility index (Phi) is 6.04. The Morgan fingerprint density at radius 3 is 1.19 bits per heavy atom. The van der Waals surface area contributed by atoms with Gasteiger partial charge in [-0.3, -0.25) is 0 Å². The molecule has 0 saturated carbocycles. The predicted octanol–water partition coefficient (Wildman–Crippen LogP) is 8.65. The highest BCUT2D eigenvalue weighted by Crippen LogP contribution is 2.46. The van der Waals surface area contributed by atoms with E-state index in [0.29, 0.717) is 0 Å². The normalized spacial score (nSPS) is 11.9. The molecular formula is C29H34O2. The van der Waals surface area contributed by atoms with Crippen LogP contribution in [0.4, 0.5) is 0 Å². The maximum atomic E-state index is 6.47. The second-order valence-corrected chi connectivity index (χ2v) is 9.75. The van der Waals surface area contributed by atoms with Crippen molar-refractivity contribution < 1.29 is 9.47 Å². The molecule has 0 aromatic heterocycles. The van der Waals surface area contributed by atoms with Gasteiger partial charge in [0.2, 0.25) is 0 Å². The van der Waals surface area contributed by atoms with Crippen LogP contribution in [0.1, 0.15) is 49.0 Å². The molecule has 0 heterocycles. The fourth-order valence-corrected chi connectivity index (χ4v) is 3.85. The van der Waals surface area contributed by atoms with E-state index < -0.39 is 0 Å². The fraction of sp³-hybridized carbons (Fsp3) is 0.310. The van der Waals surface area contributed by atoms with Crippen molar-refractivity contribution >= 4 is 21.5 Å². The first-order chi connectivity index (χ1) is 14.1. The van der Waals surface area contributed by atoms with Gasteiger partial charge in [-0.25, -0.2) is 0 Å². The van der Waals surface area contributed by atoms with Crippen LogP contribution in [0.2, 0.25) is 0 Å². The van der Waals surface area contributed by atoms with Gasteiger partial charge in [-0.2, -0.15) is 0 Å². The lowest BCUT2D eigenvalue weighted by molar-refractivity contribution is 0.129. The molecule has 0 fully saturated rings. The van der Waals surface area contributed by atoms with E-state index in [4.69, 9.17) is 9.47 Å². The van der Waals surface area contributed by atoms with Gasteiger partial charge in [-0.1, -0.05) is 68.1 Å². The first-order valence-electron chi connectivity index (χ1n) is 10.5. The second-order valence-electron chi connectivity index (χ2n) is 9.75. The molecule has 2 nitrogen and oxygen atoms in total. The van der Waals surface area contributed by atoms with E-state index in [0.717, 1.165) is 33.4 Å².